The summed E-state index contributed by atoms with van der Waals surface area (Å²) in [6.45, 7) is 13.0. The van der Waals surface area contributed by atoms with Crippen molar-refractivity contribution in [2.45, 2.75) is 20.8 Å². The zero-order valence-electron chi connectivity index (χ0n) is 11.5. The van der Waals surface area contributed by atoms with Crippen LogP contribution in [0.15, 0.2) is 36.9 Å². The van der Waals surface area contributed by atoms with Crippen LogP contribution in [0, 0.1) is 13.8 Å². The predicted octanol–water partition coefficient (Wildman–Crippen LogP) is 4.07. The van der Waals surface area contributed by atoms with Crippen LogP contribution in [0.2, 0.25) is 0 Å². The van der Waals surface area contributed by atoms with E-state index < -0.39 is 0 Å². The van der Waals surface area contributed by atoms with E-state index in [2.05, 4.69) is 27.0 Å². The van der Waals surface area contributed by atoms with Crippen molar-refractivity contribution in [2.75, 3.05) is 14.2 Å². The van der Waals surface area contributed by atoms with Gasteiger partial charge in [0.05, 0.1) is 14.2 Å². The number of methoxy groups -OCH3 is 2. The van der Waals surface area contributed by atoms with Crippen molar-refractivity contribution in [1.29, 1.82) is 0 Å². The van der Waals surface area contributed by atoms with E-state index in [1.165, 1.54) is 11.1 Å². The molecule has 0 N–H and O–H groups in total. The van der Waals surface area contributed by atoms with Gasteiger partial charge in [-0.25, -0.2) is 0 Å². The summed E-state index contributed by atoms with van der Waals surface area (Å²) in [4.78, 5) is 0. The van der Waals surface area contributed by atoms with Crippen molar-refractivity contribution >= 4 is 0 Å². The van der Waals surface area contributed by atoms with Crippen molar-refractivity contribution in [1.82, 2.24) is 0 Å². The van der Waals surface area contributed by atoms with Gasteiger partial charge in [-0.2, -0.15) is 0 Å². The van der Waals surface area contributed by atoms with Gasteiger partial charge in [-0.3, -0.25) is 0 Å². The second-order valence-corrected chi connectivity index (χ2v) is 3.84. The van der Waals surface area contributed by atoms with E-state index in [4.69, 9.17) is 9.47 Å². The lowest BCUT2D eigenvalue weighted by Crippen LogP contribution is -1.92. The van der Waals surface area contributed by atoms with Crippen LogP contribution in [0.5, 0.6) is 11.5 Å². The summed E-state index contributed by atoms with van der Waals surface area (Å²) in [6, 6.07) is 3.96. The maximum atomic E-state index is 5.15. The minimum absolute atomic E-state index is 0.792. The lowest BCUT2D eigenvalue weighted by molar-refractivity contribution is 0.354. The van der Waals surface area contributed by atoms with Crippen LogP contribution in [0.25, 0.3) is 0 Å². The number of hydrogen-bond donors (Lipinski definition) is 0. The number of hydrogen-bond acceptors (Lipinski definition) is 2. The van der Waals surface area contributed by atoms with Gasteiger partial charge >= 0.3 is 0 Å². The monoisotopic (exact) mass is 234 g/mol. The summed E-state index contributed by atoms with van der Waals surface area (Å²) in [7, 11) is 3.29. The molecule has 1 rings (SSSR count). The number of benzene rings is 1. The molecule has 0 atom stereocenters. The molecule has 0 fully saturated rings. The molecule has 0 aliphatic rings. The zero-order chi connectivity index (χ0) is 13.4. The first-order valence-corrected chi connectivity index (χ1v) is 5.43. The molecule has 0 saturated heterocycles. The molecule has 0 aromatic heterocycles. The van der Waals surface area contributed by atoms with E-state index in [-0.39, 0.29) is 0 Å². The Labute approximate surface area is 105 Å². The summed E-state index contributed by atoms with van der Waals surface area (Å²) in [5.41, 5.74) is 3.45. The van der Waals surface area contributed by atoms with Gasteiger partial charge in [-0.1, -0.05) is 24.8 Å². The Kier molecular flexibility index (Phi) is 6.80. The third-order valence-electron chi connectivity index (χ3n) is 2.35. The summed E-state index contributed by atoms with van der Waals surface area (Å²) in [5, 5.41) is 0. The molecule has 1 aromatic rings. The molecule has 17 heavy (non-hydrogen) atoms. The van der Waals surface area contributed by atoms with E-state index in [1.807, 2.05) is 19.1 Å². The van der Waals surface area contributed by atoms with E-state index in [9.17, 15) is 0 Å². The van der Waals surface area contributed by atoms with Gasteiger partial charge in [-0.05, 0) is 44.0 Å². The van der Waals surface area contributed by atoms with Crippen molar-refractivity contribution in [3.05, 3.63) is 48.1 Å². The molecule has 0 heterocycles. The van der Waals surface area contributed by atoms with Crippen molar-refractivity contribution in [3.8, 4) is 11.5 Å². The molecule has 0 aliphatic carbocycles. The van der Waals surface area contributed by atoms with Gasteiger partial charge in [0.15, 0.2) is 11.5 Å². The molecule has 0 saturated carbocycles. The first-order chi connectivity index (χ1) is 7.96. The molecule has 2 heteroatoms. The highest BCUT2D eigenvalue weighted by atomic mass is 16.5. The first-order valence-electron chi connectivity index (χ1n) is 5.43. The number of ether oxygens (including phenoxy) is 2. The normalized spacial score (nSPS) is 8.76. The molecule has 1 aromatic carbocycles. The maximum absolute atomic E-state index is 5.15. The average Bonchev–Trinajstić information content (AvgIpc) is 2.32. The predicted molar refractivity (Wildman–Crippen MR) is 74.0 cm³/mol. The van der Waals surface area contributed by atoms with Gasteiger partial charge in [0.2, 0.25) is 0 Å². The Morgan fingerprint density at radius 1 is 1.06 bits per heavy atom. The fraction of sp³-hybridized carbons (Fsp3) is 0.333. The molecule has 94 valence electrons. The fourth-order valence-corrected chi connectivity index (χ4v) is 1.08. The fourth-order valence-electron chi connectivity index (χ4n) is 1.08. The number of aryl methyl sites for hydroxylation is 2. The maximum Gasteiger partial charge on any atom is 0.160 e. The van der Waals surface area contributed by atoms with E-state index >= 15 is 0 Å². The molecule has 0 amide bonds. The average molecular weight is 234 g/mol. The molecule has 0 spiro atoms. The zero-order valence-corrected chi connectivity index (χ0v) is 11.5. The Morgan fingerprint density at radius 2 is 1.35 bits per heavy atom. The minimum atomic E-state index is 0.792. The minimum Gasteiger partial charge on any atom is -0.493 e. The van der Waals surface area contributed by atoms with Crippen molar-refractivity contribution in [2.24, 2.45) is 0 Å². The molecular formula is C15H22O2. The van der Waals surface area contributed by atoms with Crippen LogP contribution < -0.4 is 9.47 Å². The first kappa shape index (κ1) is 15.3. The lowest BCUT2D eigenvalue weighted by Gasteiger charge is -2.09. The summed E-state index contributed by atoms with van der Waals surface area (Å²) >= 11 is 0. The van der Waals surface area contributed by atoms with E-state index in [1.54, 1.807) is 20.3 Å². The standard InChI is InChI=1S/C10H14O2.C5H8/c1-7-5-9(11-3)10(12-4)6-8(7)2;1-4-5(2)3/h5-6H,1-4H3;4H,1-2H2,3H3. The van der Waals surface area contributed by atoms with E-state index in [0.717, 1.165) is 17.1 Å². The summed E-state index contributed by atoms with van der Waals surface area (Å²) in [5.74, 6) is 1.58. The van der Waals surface area contributed by atoms with Gasteiger partial charge < -0.3 is 9.47 Å². The van der Waals surface area contributed by atoms with Crippen LogP contribution in [-0.2, 0) is 0 Å². The highest BCUT2D eigenvalue weighted by Crippen LogP contribution is 2.29. The quantitative estimate of drug-likeness (QED) is 0.734. The molecule has 0 radical (unpaired) electrons. The Balaban J connectivity index is 0.000000437. The lowest BCUT2D eigenvalue weighted by atomic mass is 10.1. The van der Waals surface area contributed by atoms with Crippen LogP contribution in [0.3, 0.4) is 0 Å². The molecule has 0 bridgehead atoms. The largest absolute Gasteiger partial charge is 0.493 e. The third-order valence-corrected chi connectivity index (χ3v) is 2.35. The molecule has 0 unspecified atom stereocenters. The number of rotatable bonds is 3. The summed E-state index contributed by atoms with van der Waals surface area (Å²) < 4.78 is 10.3. The van der Waals surface area contributed by atoms with Gasteiger partial charge in [0, 0.05) is 0 Å². The van der Waals surface area contributed by atoms with Crippen molar-refractivity contribution in [3.63, 3.8) is 0 Å². The van der Waals surface area contributed by atoms with Crippen LogP contribution >= 0.6 is 0 Å². The van der Waals surface area contributed by atoms with Gasteiger partial charge in [0.25, 0.3) is 0 Å². The van der Waals surface area contributed by atoms with Gasteiger partial charge in [-0.15, -0.1) is 0 Å². The van der Waals surface area contributed by atoms with Crippen molar-refractivity contribution < 1.29 is 9.47 Å². The third kappa shape index (κ3) is 5.25. The topological polar surface area (TPSA) is 18.5 Å². The Morgan fingerprint density at radius 3 is 1.53 bits per heavy atom. The summed E-state index contributed by atoms with van der Waals surface area (Å²) in [6.07, 6.45) is 1.72. The van der Waals surface area contributed by atoms with Crippen LogP contribution in [0.4, 0.5) is 0 Å². The second-order valence-electron chi connectivity index (χ2n) is 3.84. The second kappa shape index (κ2) is 7.55. The SMILES string of the molecule is C=CC(=C)C.COc1cc(C)c(C)cc1OC. The Hall–Kier alpha value is -1.70. The molecule has 2 nitrogen and oxygen atoms in total. The smallest absolute Gasteiger partial charge is 0.160 e. The molecule has 0 aliphatic heterocycles. The highest BCUT2D eigenvalue weighted by molar-refractivity contribution is 5.46. The van der Waals surface area contributed by atoms with E-state index in [0.29, 0.717) is 0 Å². The van der Waals surface area contributed by atoms with Crippen LogP contribution in [0.1, 0.15) is 18.1 Å². The highest BCUT2D eigenvalue weighted by Gasteiger charge is 2.04. The Bertz CT molecular complexity index is 363. The van der Waals surface area contributed by atoms with Gasteiger partial charge in [0.1, 0.15) is 0 Å². The number of allylic oxidation sites excluding steroid dienone is 2. The van der Waals surface area contributed by atoms with Crippen LogP contribution in [-0.4, -0.2) is 14.2 Å². The molecular weight excluding hydrogens is 212 g/mol.